The number of rotatable bonds is 5. The third-order valence-electron chi connectivity index (χ3n) is 4.35. The van der Waals surface area contributed by atoms with E-state index >= 15 is 0 Å². The normalized spacial score (nSPS) is 18.9. The molecule has 1 aromatic carbocycles. The third kappa shape index (κ3) is 4.02. The highest BCUT2D eigenvalue weighted by molar-refractivity contribution is 5.41. The van der Waals surface area contributed by atoms with Crippen molar-refractivity contribution in [1.82, 2.24) is 10.2 Å². The largest absolute Gasteiger partial charge is 0.307 e. The quantitative estimate of drug-likeness (QED) is 0.669. The van der Waals surface area contributed by atoms with E-state index in [0.29, 0.717) is 12.1 Å². The van der Waals surface area contributed by atoms with Crippen LogP contribution >= 0.6 is 0 Å². The minimum atomic E-state index is -0.297. The molecule has 0 radical (unpaired) electrons. The first-order valence-corrected chi connectivity index (χ1v) is 7.72. The van der Waals surface area contributed by atoms with Crippen molar-refractivity contribution in [2.75, 3.05) is 13.1 Å². The first-order chi connectivity index (χ1) is 9.99. The van der Waals surface area contributed by atoms with Crippen molar-refractivity contribution in [2.45, 2.75) is 51.7 Å². The second kappa shape index (κ2) is 7.00. The second-order valence-corrected chi connectivity index (χ2v) is 6.11. The number of benzene rings is 1. The maximum Gasteiger partial charge on any atom is 0.274 e. The number of nitro benzene ring substituents is 1. The molecule has 21 heavy (non-hydrogen) atoms. The SMILES string of the molecule is CC(NC1CCN(C(C)C)CC1)c1ccccc1[N+](=O)[O-]. The summed E-state index contributed by atoms with van der Waals surface area (Å²) in [5.74, 6) is 0. The summed E-state index contributed by atoms with van der Waals surface area (Å²) >= 11 is 0. The van der Waals surface area contributed by atoms with Gasteiger partial charge in [0.25, 0.3) is 5.69 Å². The Kier molecular flexibility index (Phi) is 5.31. The summed E-state index contributed by atoms with van der Waals surface area (Å²) in [6.07, 6.45) is 2.20. The van der Waals surface area contributed by atoms with Gasteiger partial charge in [0, 0.05) is 29.8 Å². The molecule has 0 bridgehead atoms. The van der Waals surface area contributed by atoms with Crippen molar-refractivity contribution in [2.24, 2.45) is 0 Å². The van der Waals surface area contributed by atoms with Gasteiger partial charge in [-0.25, -0.2) is 0 Å². The molecule has 0 aromatic heterocycles. The Bertz CT molecular complexity index is 482. The topological polar surface area (TPSA) is 58.4 Å². The molecule has 0 saturated carbocycles. The van der Waals surface area contributed by atoms with Crippen molar-refractivity contribution >= 4 is 5.69 Å². The second-order valence-electron chi connectivity index (χ2n) is 6.11. The Morgan fingerprint density at radius 3 is 2.43 bits per heavy atom. The highest BCUT2D eigenvalue weighted by Crippen LogP contribution is 2.26. The lowest BCUT2D eigenvalue weighted by molar-refractivity contribution is -0.385. The van der Waals surface area contributed by atoms with Gasteiger partial charge in [0.05, 0.1) is 4.92 Å². The molecule has 5 heteroatoms. The lowest BCUT2D eigenvalue weighted by Gasteiger charge is -2.36. The number of nitrogens with one attached hydrogen (secondary N) is 1. The van der Waals surface area contributed by atoms with Gasteiger partial charge in [-0.1, -0.05) is 18.2 Å². The van der Waals surface area contributed by atoms with E-state index < -0.39 is 0 Å². The van der Waals surface area contributed by atoms with E-state index in [9.17, 15) is 10.1 Å². The van der Waals surface area contributed by atoms with Crippen LogP contribution in [0.25, 0.3) is 0 Å². The Hall–Kier alpha value is -1.46. The van der Waals surface area contributed by atoms with E-state index in [4.69, 9.17) is 0 Å². The van der Waals surface area contributed by atoms with Gasteiger partial charge in [-0.05, 0) is 46.7 Å². The molecule has 1 heterocycles. The summed E-state index contributed by atoms with van der Waals surface area (Å²) in [4.78, 5) is 13.3. The van der Waals surface area contributed by atoms with Crippen LogP contribution in [0.15, 0.2) is 24.3 Å². The Labute approximate surface area is 126 Å². The van der Waals surface area contributed by atoms with Crippen LogP contribution in [-0.4, -0.2) is 35.0 Å². The van der Waals surface area contributed by atoms with E-state index in [1.807, 2.05) is 19.1 Å². The van der Waals surface area contributed by atoms with Gasteiger partial charge in [-0.2, -0.15) is 0 Å². The molecule has 5 nitrogen and oxygen atoms in total. The van der Waals surface area contributed by atoms with Crippen LogP contribution in [0.1, 0.15) is 45.2 Å². The molecular formula is C16H25N3O2. The fourth-order valence-corrected chi connectivity index (χ4v) is 3.05. The Balaban J connectivity index is 1.97. The number of hydrogen-bond donors (Lipinski definition) is 1. The number of piperidine rings is 1. The number of likely N-dealkylation sites (tertiary alicyclic amines) is 1. The van der Waals surface area contributed by atoms with E-state index in [1.54, 1.807) is 12.1 Å². The maximum atomic E-state index is 11.1. The van der Waals surface area contributed by atoms with E-state index in [1.165, 1.54) is 0 Å². The van der Waals surface area contributed by atoms with Crippen molar-refractivity contribution in [3.8, 4) is 0 Å². The predicted octanol–water partition coefficient (Wildman–Crippen LogP) is 3.12. The van der Waals surface area contributed by atoms with Crippen molar-refractivity contribution in [3.63, 3.8) is 0 Å². The standard InChI is InChI=1S/C16H25N3O2/c1-12(2)18-10-8-14(9-11-18)17-13(3)15-6-4-5-7-16(15)19(20)21/h4-7,12-14,17H,8-11H2,1-3H3. The number of nitro groups is 1. The zero-order valence-electron chi connectivity index (χ0n) is 13.1. The van der Waals surface area contributed by atoms with Gasteiger partial charge in [-0.15, -0.1) is 0 Å². The minimum Gasteiger partial charge on any atom is -0.307 e. The van der Waals surface area contributed by atoms with Crippen molar-refractivity contribution < 1.29 is 4.92 Å². The van der Waals surface area contributed by atoms with Crippen LogP contribution in [0.5, 0.6) is 0 Å². The summed E-state index contributed by atoms with van der Waals surface area (Å²) < 4.78 is 0. The molecule has 1 N–H and O–H groups in total. The minimum absolute atomic E-state index is 0.00204. The highest BCUT2D eigenvalue weighted by Gasteiger charge is 2.24. The van der Waals surface area contributed by atoms with E-state index in [0.717, 1.165) is 31.5 Å². The third-order valence-corrected chi connectivity index (χ3v) is 4.35. The average Bonchev–Trinajstić information content (AvgIpc) is 2.47. The number of para-hydroxylation sites is 1. The van der Waals surface area contributed by atoms with Crippen LogP contribution in [0.3, 0.4) is 0 Å². The van der Waals surface area contributed by atoms with Gasteiger partial charge in [-0.3, -0.25) is 10.1 Å². The molecule has 1 saturated heterocycles. The molecule has 1 aliphatic heterocycles. The Morgan fingerprint density at radius 2 is 1.86 bits per heavy atom. The monoisotopic (exact) mass is 291 g/mol. The smallest absolute Gasteiger partial charge is 0.274 e. The molecule has 116 valence electrons. The molecule has 0 amide bonds. The first kappa shape index (κ1) is 15.9. The van der Waals surface area contributed by atoms with Crippen LogP contribution in [0.4, 0.5) is 5.69 Å². The van der Waals surface area contributed by atoms with Crippen LogP contribution in [0, 0.1) is 10.1 Å². The van der Waals surface area contributed by atoms with Gasteiger partial charge in [0.2, 0.25) is 0 Å². The molecule has 1 unspecified atom stereocenters. The summed E-state index contributed by atoms with van der Waals surface area (Å²) in [5, 5.41) is 14.7. The summed E-state index contributed by atoms with van der Waals surface area (Å²) in [6, 6.07) is 8.04. The number of nitrogens with zero attached hydrogens (tertiary/aromatic N) is 2. The van der Waals surface area contributed by atoms with Crippen molar-refractivity contribution in [1.29, 1.82) is 0 Å². The lowest BCUT2D eigenvalue weighted by Crippen LogP contribution is -2.45. The fourth-order valence-electron chi connectivity index (χ4n) is 3.05. The van der Waals surface area contributed by atoms with Crippen LogP contribution < -0.4 is 5.32 Å². The molecule has 1 aliphatic rings. The first-order valence-electron chi connectivity index (χ1n) is 7.72. The molecule has 1 atom stereocenters. The average molecular weight is 291 g/mol. The summed E-state index contributed by atoms with van der Waals surface area (Å²) in [7, 11) is 0. The Morgan fingerprint density at radius 1 is 1.24 bits per heavy atom. The number of hydrogen-bond acceptors (Lipinski definition) is 4. The molecule has 1 aromatic rings. The van der Waals surface area contributed by atoms with Gasteiger partial charge >= 0.3 is 0 Å². The lowest BCUT2D eigenvalue weighted by atomic mass is 10.00. The zero-order chi connectivity index (χ0) is 15.4. The molecule has 0 spiro atoms. The molecule has 1 fully saturated rings. The molecule has 0 aliphatic carbocycles. The van der Waals surface area contributed by atoms with Crippen molar-refractivity contribution in [3.05, 3.63) is 39.9 Å². The fraction of sp³-hybridized carbons (Fsp3) is 0.625. The van der Waals surface area contributed by atoms with E-state index in [2.05, 4.69) is 24.1 Å². The summed E-state index contributed by atoms with van der Waals surface area (Å²) in [6.45, 7) is 8.66. The maximum absolute atomic E-state index is 11.1. The zero-order valence-corrected chi connectivity index (χ0v) is 13.1. The molecular weight excluding hydrogens is 266 g/mol. The van der Waals surface area contributed by atoms with Crippen LogP contribution in [-0.2, 0) is 0 Å². The highest BCUT2D eigenvalue weighted by atomic mass is 16.6. The van der Waals surface area contributed by atoms with E-state index in [-0.39, 0.29) is 16.7 Å². The van der Waals surface area contributed by atoms with Gasteiger partial charge in [0.1, 0.15) is 0 Å². The van der Waals surface area contributed by atoms with Crippen LogP contribution in [0.2, 0.25) is 0 Å². The van der Waals surface area contributed by atoms with Gasteiger partial charge in [0.15, 0.2) is 0 Å². The summed E-state index contributed by atoms with van der Waals surface area (Å²) in [5.41, 5.74) is 0.978. The predicted molar refractivity (Wildman–Crippen MR) is 84.4 cm³/mol. The molecule has 2 rings (SSSR count). The van der Waals surface area contributed by atoms with Gasteiger partial charge < -0.3 is 10.2 Å².